The molecule has 0 fully saturated rings. The van der Waals surface area contributed by atoms with Gasteiger partial charge in [0.2, 0.25) is 0 Å². The van der Waals surface area contributed by atoms with E-state index in [4.69, 9.17) is 5.10 Å². The van der Waals surface area contributed by atoms with Gasteiger partial charge in [-0.1, -0.05) is 48.4 Å². The summed E-state index contributed by atoms with van der Waals surface area (Å²) < 4.78 is 0.589. The van der Waals surface area contributed by atoms with Crippen molar-refractivity contribution >= 4 is 5.71 Å². The summed E-state index contributed by atoms with van der Waals surface area (Å²) in [4.78, 5) is 0. The molecule has 0 aliphatic carbocycles. The average Bonchev–Trinajstić information content (AvgIpc) is 2.26. The third kappa shape index (κ3) is 4.53. The van der Waals surface area contributed by atoms with Gasteiger partial charge in [-0.15, -0.1) is 6.58 Å². The molecule has 0 heterocycles. The first-order valence-corrected chi connectivity index (χ1v) is 6.02. The van der Waals surface area contributed by atoms with Crippen LogP contribution in [0.3, 0.4) is 0 Å². The van der Waals surface area contributed by atoms with Crippen LogP contribution >= 0.6 is 0 Å². The van der Waals surface area contributed by atoms with E-state index in [-0.39, 0.29) is 0 Å². The highest BCUT2D eigenvalue weighted by molar-refractivity contribution is 6.01. The van der Waals surface area contributed by atoms with Crippen molar-refractivity contribution in [1.29, 1.82) is 0 Å². The minimum atomic E-state index is 0.396. The molecule has 0 spiro atoms. The van der Waals surface area contributed by atoms with Gasteiger partial charge in [0.1, 0.15) is 5.71 Å². The molecule has 1 rings (SSSR count). The fourth-order valence-electron chi connectivity index (χ4n) is 1.73. The predicted molar refractivity (Wildman–Crippen MR) is 75.0 cm³/mol. The Morgan fingerprint density at radius 3 is 2.35 bits per heavy atom. The van der Waals surface area contributed by atoms with E-state index in [1.807, 2.05) is 12.1 Å². The lowest BCUT2D eigenvalue weighted by atomic mass is 9.95. The summed E-state index contributed by atoms with van der Waals surface area (Å²) in [5.74, 6) is 0.396. The normalized spacial score (nSPS) is 14.5. The van der Waals surface area contributed by atoms with Crippen molar-refractivity contribution in [3.05, 3.63) is 48.6 Å². The van der Waals surface area contributed by atoms with Crippen LogP contribution in [-0.2, 0) is 0 Å². The second-order valence-electron chi connectivity index (χ2n) is 5.22. The van der Waals surface area contributed by atoms with Gasteiger partial charge in [-0.2, -0.15) is 0 Å². The van der Waals surface area contributed by atoms with E-state index in [1.165, 1.54) is 5.56 Å². The fraction of sp³-hybridized carbons (Fsp3) is 0.400. The van der Waals surface area contributed by atoms with Crippen molar-refractivity contribution in [3.8, 4) is 0 Å². The lowest BCUT2D eigenvalue weighted by molar-refractivity contribution is -0.877. The summed E-state index contributed by atoms with van der Waals surface area (Å²) in [7, 11) is 6.22. The molecule has 2 nitrogen and oxygen atoms in total. The molecule has 0 saturated carbocycles. The molecule has 0 amide bonds. The van der Waals surface area contributed by atoms with Gasteiger partial charge in [0.25, 0.3) is 0 Å². The average molecular weight is 231 g/mol. The first-order valence-electron chi connectivity index (χ1n) is 6.02. The van der Waals surface area contributed by atoms with E-state index in [1.54, 1.807) is 0 Å². The van der Waals surface area contributed by atoms with Crippen molar-refractivity contribution in [1.82, 2.24) is 0 Å². The Labute approximate surface area is 105 Å². The van der Waals surface area contributed by atoms with Gasteiger partial charge in [0, 0.05) is 11.5 Å². The number of nitrogens with zero attached hydrogens (tertiary/aromatic N) is 2. The quantitative estimate of drug-likeness (QED) is 0.319. The molecule has 1 aromatic rings. The van der Waals surface area contributed by atoms with E-state index in [9.17, 15) is 0 Å². The molecule has 0 N–H and O–H groups in total. The first-order chi connectivity index (χ1) is 7.94. The maximum absolute atomic E-state index is 4.80. The molecule has 0 aliphatic rings. The van der Waals surface area contributed by atoms with E-state index < -0.39 is 0 Å². The Morgan fingerprint density at radius 2 is 1.88 bits per heavy atom. The minimum Gasteiger partial charge on any atom is -0.205 e. The monoisotopic (exact) mass is 231 g/mol. The largest absolute Gasteiger partial charge is 0.205 e. The third-order valence-corrected chi connectivity index (χ3v) is 2.46. The van der Waals surface area contributed by atoms with Crippen LogP contribution in [0.5, 0.6) is 0 Å². The molecule has 2 heteroatoms. The van der Waals surface area contributed by atoms with Crippen LogP contribution in [0.25, 0.3) is 0 Å². The molecular formula is C15H23N2+. The number of hydrogen-bond donors (Lipinski definition) is 0. The Morgan fingerprint density at radius 1 is 1.29 bits per heavy atom. The van der Waals surface area contributed by atoms with Crippen molar-refractivity contribution in [2.75, 3.05) is 21.1 Å². The highest BCUT2D eigenvalue weighted by Gasteiger charge is 2.17. The molecule has 0 saturated heterocycles. The van der Waals surface area contributed by atoms with Crippen LogP contribution in [-0.4, -0.2) is 31.4 Å². The third-order valence-electron chi connectivity index (χ3n) is 2.46. The molecule has 0 aromatic heterocycles. The van der Waals surface area contributed by atoms with E-state index in [0.29, 0.717) is 10.5 Å². The number of allylic oxidation sites excluding steroid dienone is 1. The van der Waals surface area contributed by atoms with E-state index >= 15 is 0 Å². The summed E-state index contributed by atoms with van der Waals surface area (Å²) in [5.41, 5.74) is 2.35. The summed E-state index contributed by atoms with van der Waals surface area (Å²) in [6.07, 6.45) is 2.91. The Kier molecular flexibility index (Phi) is 4.64. The van der Waals surface area contributed by atoms with Crippen LogP contribution in [0, 0.1) is 5.92 Å². The van der Waals surface area contributed by atoms with Crippen LogP contribution in [0.4, 0.5) is 0 Å². The van der Waals surface area contributed by atoms with Crippen LogP contribution in [0.15, 0.2) is 48.1 Å². The number of benzene rings is 1. The van der Waals surface area contributed by atoms with Gasteiger partial charge in [-0.05, 0) is 6.42 Å². The summed E-state index contributed by atoms with van der Waals surface area (Å²) in [6.45, 7) is 6.01. The first kappa shape index (κ1) is 13.7. The predicted octanol–water partition coefficient (Wildman–Crippen LogP) is 3.31. The molecule has 92 valence electrons. The molecule has 0 bridgehead atoms. The Balaban J connectivity index is 3.12. The van der Waals surface area contributed by atoms with Gasteiger partial charge in [-0.3, -0.25) is 0 Å². The number of hydrogen-bond acceptors (Lipinski definition) is 1. The molecule has 17 heavy (non-hydrogen) atoms. The smallest absolute Gasteiger partial charge is 0.106 e. The SMILES string of the molecule is C=CCC(C)/C(=N\[N+](C)(C)C)c1ccccc1. The summed E-state index contributed by atoms with van der Waals surface area (Å²) >= 11 is 0. The van der Waals surface area contributed by atoms with Crippen LogP contribution in [0.1, 0.15) is 18.9 Å². The van der Waals surface area contributed by atoms with Crippen molar-refractivity contribution < 1.29 is 4.59 Å². The van der Waals surface area contributed by atoms with Crippen molar-refractivity contribution in [3.63, 3.8) is 0 Å². The van der Waals surface area contributed by atoms with Gasteiger partial charge < -0.3 is 0 Å². The van der Waals surface area contributed by atoms with Crippen molar-refractivity contribution in [2.45, 2.75) is 13.3 Å². The van der Waals surface area contributed by atoms with Gasteiger partial charge >= 0.3 is 0 Å². The standard InChI is InChI=1S/C15H23N2/c1-6-10-13(2)15(16-17(3,4)5)14-11-8-7-9-12-14/h6-9,11-13H,1,10H2,2-5H3/q+1/b16-15+. The molecule has 0 aliphatic heterocycles. The molecule has 1 unspecified atom stereocenters. The van der Waals surface area contributed by atoms with E-state index in [0.717, 1.165) is 12.1 Å². The lowest BCUT2D eigenvalue weighted by Crippen LogP contribution is -2.31. The minimum absolute atomic E-state index is 0.396. The van der Waals surface area contributed by atoms with Gasteiger partial charge in [0.15, 0.2) is 0 Å². The second-order valence-corrected chi connectivity index (χ2v) is 5.22. The summed E-state index contributed by atoms with van der Waals surface area (Å²) in [6, 6.07) is 10.4. The number of quaternary nitrogens is 1. The lowest BCUT2D eigenvalue weighted by Gasteiger charge is -2.20. The fourth-order valence-corrected chi connectivity index (χ4v) is 1.73. The Bertz CT molecular complexity index is 385. The molecule has 1 aromatic carbocycles. The molecule has 0 radical (unpaired) electrons. The van der Waals surface area contributed by atoms with Crippen LogP contribution < -0.4 is 0 Å². The van der Waals surface area contributed by atoms with E-state index in [2.05, 4.69) is 58.9 Å². The maximum Gasteiger partial charge on any atom is 0.106 e. The Hall–Kier alpha value is -1.41. The molecule has 1 atom stereocenters. The van der Waals surface area contributed by atoms with Gasteiger partial charge in [-0.25, -0.2) is 4.59 Å². The number of rotatable bonds is 5. The maximum atomic E-state index is 4.80. The zero-order valence-electron chi connectivity index (χ0n) is 11.4. The van der Waals surface area contributed by atoms with Gasteiger partial charge in [0.05, 0.1) is 21.1 Å². The zero-order valence-corrected chi connectivity index (χ0v) is 11.4. The second kappa shape index (κ2) is 5.78. The van der Waals surface area contributed by atoms with Crippen LogP contribution in [0.2, 0.25) is 0 Å². The van der Waals surface area contributed by atoms with Crippen molar-refractivity contribution in [2.24, 2.45) is 11.0 Å². The topological polar surface area (TPSA) is 12.4 Å². The zero-order chi connectivity index (χ0) is 12.9. The highest BCUT2D eigenvalue weighted by Crippen LogP contribution is 2.15. The molecular weight excluding hydrogens is 208 g/mol. The highest BCUT2D eigenvalue weighted by atomic mass is 15.6. The summed E-state index contributed by atoms with van der Waals surface area (Å²) in [5, 5.41) is 4.80.